The Balaban J connectivity index is 1.65. The second kappa shape index (κ2) is 7.71. The van der Waals surface area contributed by atoms with Gasteiger partial charge in [0.2, 0.25) is 0 Å². The summed E-state index contributed by atoms with van der Waals surface area (Å²) in [7, 11) is 0. The van der Waals surface area contributed by atoms with Gasteiger partial charge in [-0.2, -0.15) is 5.10 Å². The van der Waals surface area contributed by atoms with Crippen molar-refractivity contribution in [2.45, 2.75) is 6.92 Å². The van der Waals surface area contributed by atoms with Gasteiger partial charge in [-0.15, -0.1) is 0 Å². The Hall–Kier alpha value is -3.32. The summed E-state index contributed by atoms with van der Waals surface area (Å²) < 4.78 is 0. The molecule has 3 aromatic rings. The van der Waals surface area contributed by atoms with Crippen molar-refractivity contribution >= 4 is 45.6 Å². The molecule has 0 atom stereocenters. The number of aromatic carboxylic acids is 1. The van der Waals surface area contributed by atoms with Crippen molar-refractivity contribution < 1.29 is 9.90 Å². The molecule has 7 heteroatoms. The monoisotopic (exact) mass is 364 g/mol. The number of benzene rings is 2. The van der Waals surface area contributed by atoms with Gasteiger partial charge in [0.1, 0.15) is 0 Å². The predicted octanol–water partition coefficient (Wildman–Crippen LogP) is 3.64. The molecule has 0 aliphatic heterocycles. The lowest BCUT2D eigenvalue weighted by Gasteiger charge is -2.08. The Labute approximate surface area is 155 Å². The molecule has 0 spiro atoms. The number of hydrogen-bond donors (Lipinski definition) is 3. The molecule has 0 aliphatic rings. The van der Waals surface area contributed by atoms with Gasteiger partial charge in [0, 0.05) is 11.1 Å². The van der Waals surface area contributed by atoms with E-state index in [1.165, 1.54) is 12.1 Å². The van der Waals surface area contributed by atoms with Gasteiger partial charge in [-0.1, -0.05) is 24.3 Å². The summed E-state index contributed by atoms with van der Waals surface area (Å²) in [6.45, 7) is 1.84. The molecule has 0 amide bonds. The molecular formula is C19H16N4O2S. The van der Waals surface area contributed by atoms with E-state index in [1.54, 1.807) is 12.1 Å². The van der Waals surface area contributed by atoms with E-state index >= 15 is 0 Å². The Morgan fingerprint density at radius 2 is 1.81 bits per heavy atom. The van der Waals surface area contributed by atoms with Crippen molar-refractivity contribution in [2.75, 3.05) is 5.32 Å². The van der Waals surface area contributed by atoms with Crippen molar-refractivity contribution in [2.24, 2.45) is 5.10 Å². The summed E-state index contributed by atoms with van der Waals surface area (Å²) in [4.78, 5) is 15.4. The quantitative estimate of drug-likeness (QED) is 0.372. The maximum atomic E-state index is 10.8. The molecule has 0 radical (unpaired) electrons. The average Bonchev–Trinajstić information content (AvgIpc) is 2.66. The number of anilines is 1. The fourth-order valence-electron chi connectivity index (χ4n) is 2.31. The molecule has 1 aromatic heterocycles. The van der Waals surface area contributed by atoms with Crippen LogP contribution in [0.25, 0.3) is 10.9 Å². The lowest BCUT2D eigenvalue weighted by Crippen LogP contribution is -2.25. The zero-order valence-electron chi connectivity index (χ0n) is 13.9. The molecular weight excluding hydrogens is 348 g/mol. The Kier molecular flexibility index (Phi) is 5.19. The van der Waals surface area contributed by atoms with E-state index in [1.807, 2.05) is 43.3 Å². The molecule has 130 valence electrons. The second-order valence-corrected chi connectivity index (χ2v) is 5.94. The van der Waals surface area contributed by atoms with Crippen LogP contribution in [-0.4, -0.2) is 26.9 Å². The van der Waals surface area contributed by atoms with Crippen molar-refractivity contribution in [1.29, 1.82) is 0 Å². The minimum atomic E-state index is -0.972. The number of thiocarbonyl (C=S) groups is 1. The van der Waals surface area contributed by atoms with Gasteiger partial charge in [0.25, 0.3) is 0 Å². The number of nitrogens with zero attached hydrogens (tertiary/aromatic N) is 2. The molecule has 0 bridgehead atoms. The Morgan fingerprint density at radius 1 is 1.08 bits per heavy atom. The van der Waals surface area contributed by atoms with Crippen LogP contribution in [-0.2, 0) is 0 Å². The van der Waals surface area contributed by atoms with Crippen LogP contribution in [0.15, 0.2) is 65.8 Å². The van der Waals surface area contributed by atoms with Gasteiger partial charge in [-0.05, 0) is 55.5 Å². The lowest BCUT2D eigenvalue weighted by molar-refractivity contribution is 0.0697. The van der Waals surface area contributed by atoms with E-state index in [0.717, 1.165) is 16.6 Å². The molecule has 3 rings (SSSR count). The molecule has 1 heterocycles. The highest BCUT2D eigenvalue weighted by Gasteiger charge is 2.04. The van der Waals surface area contributed by atoms with E-state index in [9.17, 15) is 4.79 Å². The Morgan fingerprint density at radius 3 is 2.54 bits per heavy atom. The van der Waals surface area contributed by atoms with Gasteiger partial charge in [-0.3, -0.25) is 5.43 Å². The van der Waals surface area contributed by atoms with Gasteiger partial charge < -0.3 is 10.4 Å². The highest BCUT2D eigenvalue weighted by molar-refractivity contribution is 7.80. The summed E-state index contributed by atoms with van der Waals surface area (Å²) >= 11 is 5.20. The van der Waals surface area contributed by atoms with Gasteiger partial charge in [-0.25, -0.2) is 9.78 Å². The molecule has 26 heavy (non-hydrogen) atoms. The van der Waals surface area contributed by atoms with E-state index in [-0.39, 0.29) is 5.56 Å². The van der Waals surface area contributed by atoms with E-state index < -0.39 is 5.97 Å². The first-order valence-electron chi connectivity index (χ1n) is 7.84. The third kappa shape index (κ3) is 4.20. The number of hydrazone groups is 1. The predicted molar refractivity (Wildman–Crippen MR) is 107 cm³/mol. The zero-order chi connectivity index (χ0) is 18.5. The van der Waals surface area contributed by atoms with Crippen LogP contribution < -0.4 is 10.7 Å². The largest absolute Gasteiger partial charge is 0.478 e. The number of para-hydroxylation sites is 1. The number of aromatic nitrogens is 1. The maximum absolute atomic E-state index is 10.8. The van der Waals surface area contributed by atoms with E-state index in [0.29, 0.717) is 16.5 Å². The molecule has 2 aromatic carbocycles. The number of carbonyl (C=O) groups is 1. The number of rotatable bonds is 4. The number of pyridine rings is 1. The number of carboxylic acid groups (broad SMARTS) is 1. The Bertz CT molecular complexity index is 1000. The molecule has 0 aliphatic carbocycles. The van der Waals surface area contributed by atoms with Crippen LogP contribution in [0.4, 0.5) is 5.69 Å². The molecule has 0 unspecified atom stereocenters. The molecule has 0 fully saturated rings. The van der Waals surface area contributed by atoms with Crippen molar-refractivity contribution in [3.05, 3.63) is 71.9 Å². The van der Waals surface area contributed by atoms with Crippen molar-refractivity contribution in [3.63, 3.8) is 0 Å². The van der Waals surface area contributed by atoms with Crippen LogP contribution >= 0.6 is 12.2 Å². The number of nitrogens with one attached hydrogen (secondary N) is 2. The van der Waals surface area contributed by atoms with Crippen molar-refractivity contribution in [3.8, 4) is 0 Å². The molecule has 0 saturated heterocycles. The third-order valence-corrected chi connectivity index (χ3v) is 3.88. The average molecular weight is 364 g/mol. The van der Waals surface area contributed by atoms with E-state index in [4.69, 9.17) is 17.3 Å². The van der Waals surface area contributed by atoms with Crippen LogP contribution in [0.2, 0.25) is 0 Å². The fraction of sp³-hybridized carbons (Fsp3) is 0.0526. The second-order valence-electron chi connectivity index (χ2n) is 5.53. The van der Waals surface area contributed by atoms with Crippen LogP contribution in [0.1, 0.15) is 23.0 Å². The highest BCUT2D eigenvalue weighted by Crippen LogP contribution is 2.12. The maximum Gasteiger partial charge on any atom is 0.335 e. The van der Waals surface area contributed by atoms with Gasteiger partial charge >= 0.3 is 5.97 Å². The first-order valence-corrected chi connectivity index (χ1v) is 8.24. The fourth-order valence-corrected chi connectivity index (χ4v) is 2.48. The highest BCUT2D eigenvalue weighted by atomic mass is 32.1. The third-order valence-electron chi connectivity index (χ3n) is 3.68. The number of carboxylic acids is 1. The van der Waals surface area contributed by atoms with E-state index in [2.05, 4.69) is 20.8 Å². The zero-order valence-corrected chi connectivity index (χ0v) is 14.7. The van der Waals surface area contributed by atoms with Crippen LogP contribution in [0, 0.1) is 0 Å². The minimum absolute atomic E-state index is 0.214. The summed E-state index contributed by atoms with van der Waals surface area (Å²) in [6, 6.07) is 18.1. The first kappa shape index (κ1) is 17.5. The molecule has 3 N–H and O–H groups in total. The molecule has 0 saturated carbocycles. The smallest absolute Gasteiger partial charge is 0.335 e. The number of hydrogen-bond acceptors (Lipinski definition) is 4. The summed E-state index contributed by atoms with van der Waals surface area (Å²) in [5.41, 5.74) is 6.00. The minimum Gasteiger partial charge on any atom is -0.478 e. The summed E-state index contributed by atoms with van der Waals surface area (Å²) in [6.07, 6.45) is 0. The molecule has 6 nitrogen and oxygen atoms in total. The number of fused-ring (bicyclic) bond motifs is 1. The van der Waals surface area contributed by atoms with Gasteiger partial charge in [0.15, 0.2) is 5.11 Å². The van der Waals surface area contributed by atoms with Gasteiger partial charge in [0.05, 0.1) is 22.5 Å². The SMILES string of the molecule is C/C(=N/NC(=S)Nc1ccc(C(=O)O)cc1)c1ccc2ccccc2n1. The summed E-state index contributed by atoms with van der Waals surface area (Å²) in [5.74, 6) is -0.972. The van der Waals surface area contributed by atoms with Crippen molar-refractivity contribution in [1.82, 2.24) is 10.4 Å². The van der Waals surface area contributed by atoms with Crippen LogP contribution in [0.5, 0.6) is 0 Å². The standard InChI is InChI=1S/C19H16N4O2S/c1-12(16-11-8-13-4-2-3-5-17(13)21-16)22-23-19(26)20-15-9-6-14(7-10-15)18(24)25/h2-11H,1H3,(H,24,25)(H2,20,23,26)/b22-12-. The normalized spacial score (nSPS) is 11.2. The lowest BCUT2D eigenvalue weighted by atomic mass is 10.2. The van der Waals surface area contributed by atoms with Crippen LogP contribution in [0.3, 0.4) is 0 Å². The first-order chi connectivity index (χ1) is 12.5. The topological polar surface area (TPSA) is 86.6 Å². The summed E-state index contributed by atoms with van der Waals surface area (Å²) in [5, 5.41) is 17.5.